The first-order valence-electron chi connectivity index (χ1n) is 9.25. The van der Waals surface area contributed by atoms with Gasteiger partial charge in [-0.1, -0.05) is 0 Å². The number of aromatic nitrogens is 4. The van der Waals surface area contributed by atoms with Gasteiger partial charge in [0, 0.05) is 23.7 Å². The highest BCUT2D eigenvalue weighted by molar-refractivity contribution is 6.06. The molecule has 3 aromatic heterocycles. The average Bonchev–Trinajstić information content (AvgIpc) is 2.99. The van der Waals surface area contributed by atoms with Crippen LogP contribution in [0.2, 0.25) is 0 Å². The summed E-state index contributed by atoms with van der Waals surface area (Å²) in [5.41, 5.74) is 11.3. The number of pyridine rings is 2. The Hall–Kier alpha value is -3.74. The number of nitrogens with two attached hydrogens (primary N) is 1. The number of benzene rings is 1. The van der Waals surface area contributed by atoms with Crippen LogP contribution in [-0.4, -0.2) is 25.4 Å². The summed E-state index contributed by atoms with van der Waals surface area (Å²) in [7, 11) is 0. The number of carbonyl (C=O) groups excluding carboxylic acids is 1. The molecule has 7 nitrogen and oxygen atoms in total. The molecule has 1 amide bonds. The minimum atomic E-state index is -0.542. The first kappa shape index (κ1) is 18.6. The van der Waals surface area contributed by atoms with E-state index in [4.69, 9.17) is 5.73 Å². The second-order valence-corrected chi connectivity index (χ2v) is 7.18. The molecule has 0 unspecified atom stereocenters. The van der Waals surface area contributed by atoms with E-state index in [1.54, 1.807) is 18.5 Å². The molecule has 0 aliphatic carbocycles. The predicted octanol–water partition coefficient (Wildman–Crippen LogP) is 2.86. The van der Waals surface area contributed by atoms with Gasteiger partial charge >= 0.3 is 0 Å². The molecule has 4 aromatic rings. The number of nitrogens with zero attached hydrogens (tertiary/aromatic N) is 3. The third-order valence-corrected chi connectivity index (χ3v) is 5.13. The lowest BCUT2D eigenvalue weighted by Gasteiger charge is -2.11. The SMILES string of the molecule is Cc1cc(C)c(Cn2c(C)nc3c(C(N)=O)cc(-c4ccncc4)cc32)c(=O)[nH]1. The second-order valence-electron chi connectivity index (χ2n) is 7.18. The molecule has 0 atom stereocenters. The lowest BCUT2D eigenvalue weighted by atomic mass is 10.0. The van der Waals surface area contributed by atoms with Crippen molar-refractivity contribution in [3.63, 3.8) is 0 Å². The predicted molar refractivity (Wildman–Crippen MR) is 112 cm³/mol. The van der Waals surface area contributed by atoms with Crippen molar-refractivity contribution in [3.8, 4) is 11.1 Å². The first-order valence-corrected chi connectivity index (χ1v) is 9.25. The molecule has 0 saturated carbocycles. The fraction of sp³-hybridized carbons (Fsp3) is 0.182. The van der Waals surface area contributed by atoms with Crippen LogP contribution in [0.3, 0.4) is 0 Å². The van der Waals surface area contributed by atoms with Crippen LogP contribution >= 0.6 is 0 Å². The summed E-state index contributed by atoms with van der Waals surface area (Å²) in [5.74, 6) is 0.161. The number of rotatable bonds is 4. The van der Waals surface area contributed by atoms with Gasteiger partial charge in [-0.3, -0.25) is 14.6 Å². The molecular formula is C22H21N5O2. The van der Waals surface area contributed by atoms with Crippen LogP contribution in [0.25, 0.3) is 22.2 Å². The monoisotopic (exact) mass is 387 g/mol. The Bertz CT molecular complexity index is 1300. The number of nitrogens with one attached hydrogen (secondary N) is 1. The van der Waals surface area contributed by atoms with Crippen LogP contribution in [0.15, 0.2) is 47.5 Å². The Morgan fingerprint density at radius 3 is 2.48 bits per heavy atom. The number of imidazole rings is 1. The Kier molecular flexibility index (Phi) is 4.50. The molecule has 4 rings (SSSR count). The van der Waals surface area contributed by atoms with Crippen LogP contribution in [0.5, 0.6) is 0 Å². The van der Waals surface area contributed by atoms with Gasteiger partial charge in [-0.05, 0) is 67.8 Å². The number of carbonyl (C=O) groups is 1. The standard InChI is InChI=1S/C22H21N5O2/c1-12-8-13(2)25-22(29)18(12)11-27-14(3)26-20-17(21(23)28)9-16(10-19(20)27)15-4-6-24-7-5-15/h4-10H,11H2,1-3H3,(H2,23,28)(H,25,29). The maximum Gasteiger partial charge on any atom is 0.253 e. The number of primary amides is 1. The van der Waals surface area contributed by atoms with Gasteiger partial charge in [-0.2, -0.15) is 0 Å². The third kappa shape index (κ3) is 3.31. The van der Waals surface area contributed by atoms with Crippen molar-refractivity contribution >= 4 is 16.9 Å². The van der Waals surface area contributed by atoms with Crippen molar-refractivity contribution < 1.29 is 4.79 Å². The fourth-order valence-corrected chi connectivity index (χ4v) is 3.67. The lowest BCUT2D eigenvalue weighted by Crippen LogP contribution is -2.19. The molecule has 7 heteroatoms. The van der Waals surface area contributed by atoms with Gasteiger partial charge in [0.2, 0.25) is 0 Å². The fourth-order valence-electron chi connectivity index (χ4n) is 3.67. The summed E-state index contributed by atoms with van der Waals surface area (Å²) in [4.78, 5) is 36.1. The third-order valence-electron chi connectivity index (χ3n) is 5.13. The van der Waals surface area contributed by atoms with Crippen molar-refractivity contribution in [2.45, 2.75) is 27.3 Å². The maximum atomic E-state index is 12.5. The topological polar surface area (TPSA) is 107 Å². The molecule has 0 aliphatic heterocycles. The molecule has 0 radical (unpaired) electrons. The number of hydrogen-bond acceptors (Lipinski definition) is 4. The Balaban J connectivity index is 1.96. The summed E-state index contributed by atoms with van der Waals surface area (Å²) >= 11 is 0. The molecule has 0 bridgehead atoms. The van der Waals surface area contributed by atoms with Gasteiger partial charge in [-0.15, -0.1) is 0 Å². The van der Waals surface area contributed by atoms with Crippen molar-refractivity contribution in [2.75, 3.05) is 0 Å². The number of fused-ring (bicyclic) bond motifs is 1. The van der Waals surface area contributed by atoms with E-state index in [2.05, 4.69) is 15.0 Å². The summed E-state index contributed by atoms with van der Waals surface area (Å²) in [5, 5.41) is 0. The zero-order chi connectivity index (χ0) is 20.7. The first-order chi connectivity index (χ1) is 13.8. The van der Waals surface area contributed by atoms with E-state index in [0.717, 1.165) is 27.9 Å². The van der Waals surface area contributed by atoms with E-state index < -0.39 is 5.91 Å². The highest BCUT2D eigenvalue weighted by Gasteiger charge is 2.18. The quantitative estimate of drug-likeness (QED) is 0.561. The number of hydrogen-bond donors (Lipinski definition) is 2. The normalized spacial score (nSPS) is 11.1. The van der Waals surface area contributed by atoms with E-state index in [0.29, 0.717) is 29.0 Å². The summed E-state index contributed by atoms with van der Waals surface area (Å²) < 4.78 is 1.94. The van der Waals surface area contributed by atoms with E-state index in [-0.39, 0.29) is 5.56 Å². The summed E-state index contributed by atoms with van der Waals surface area (Å²) in [6, 6.07) is 9.40. The summed E-state index contributed by atoms with van der Waals surface area (Å²) in [6.07, 6.45) is 3.39. The Labute approximate surface area is 167 Å². The Morgan fingerprint density at radius 1 is 1.10 bits per heavy atom. The zero-order valence-electron chi connectivity index (χ0n) is 16.5. The molecule has 146 valence electrons. The van der Waals surface area contributed by atoms with Gasteiger partial charge in [0.1, 0.15) is 11.3 Å². The van der Waals surface area contributed by atoms with Gasteiger partial charge in [0.15, 0.2) is 0 Å². The molecule has 1 aromatic carbocycles. The molecule has 0 aliphatic rings. The van der Waals surface area contributed by atoms with E-state index in [1.807, 2.05) is 49.6 Å². The molecular weight excluding hydrogens is 366 g/mol. The van der Waals surface area contributed by atoms with Crippen LogP contribution in [-0.2, 0) is 6.54 Å². The minimum Gasteiger partial charge on any atom is -0.366 e. The van der Waals surface area contributed by atoms with E-state index in [1.165, 1.54) is 0 Å². The van der Waals surface area contributed by atoms with Crippen LogP contribution in [0, 0.1) is 20.8 Å². The largest absolute Gasteiger partial charge is 0.366 e. The van der Waals surface area contributed by atoms with Crippen LogP contribution in [0.1, 0.15) is 33.0 Å². The van der Waals surface area contributed by atoms with E-state index in [9.17, 15) is 9.59 Å². The highest BCUT2D eigenvalue weighted by Crippen LogP contribution is 2.28. The second kappa shape index (κ2) is 7.01. The molecule has 0 saturated heterocycles. The number of aromatic amines is 1. The molecule has 0 fully saturated rings. The minimum absolute atomic E-state index is 0.121. The van der Waals surface area contributed by atoms with Crippen molar-refractivity contribution in [1.82, 2.24) is 19.5 Å². The average molecular weight is 387 g/mol. The zero-order valence-corrected chi connectivity index (χ0v) is 16.5. The number of aryl methyl sites for hydroxylation is 3. The number of H-pyrrole nitrogens is 1. The van der Waals surface area contributed by atoms with E-state index >= 15 is 0 Å². The van der Waals surface area contributed by atoms with Crippen LogP contribution < -0.4 is 11.3 Å². The van der Waals surface area contributed by atoms with Gasteiger partial charge in [-0.25, -0.2) is 4.98 Å². The highest BCUT2D eigenvalue weighted by atomic mass is 16.1. The van der Waals surface area contributed by atoms with Gasteiger partial charge < -0.3 is 15.3 Å². The van der Waals surface area contributed by atoms with Gasteiger partial charge in [0.25, 0.3) is 11.5 Å². The maximum absolute atomic E-state index is 12.5. The number of amides is 1. The molecule has 29 heavy (non-hydrogen) atoms. The molecule has 0 spiro atoms. The van der Waals surface area contributed by atoms with Gasteiger partial charge in [0.05, 0.1) is 17.6 Å². The van der Waals surface area contributed by atoms with Crippen molar-refractivity contribution in [3.05, 3.63) is 81.3 Å². The van der Waals surface area contributed by atoms with Crippen molar-refractivity contribution in [2.24, 2.45) is 5.73 Å². The smallest absolute Gasteiger partial charge is 0.253 e. The Morgan fingerprint density at radius 2 is 1.83 bits per heavy atom. The summed E-state index contributed by atoms with van der Waals surface area (Å²) in [6.45, 7) is 5.98. The van der Waals surface area contributed by atoms with Crippen LogP contribution in [0.4, 0.5) is 0 Å². The molecule has 3 heterocycles. The lowest BCUT2D eigenvalue weighted by molar-refractivity contribution is 0.100. The van der Waals surface area contributed by atoms with Crippen molar-refractivity contribution in [1.29, 1.82) is 0 Å². The molecule has 3 N–H and O–H groups in total.